The number of carbonyl (C=O) groups is 2. The Kier molecular flexibility index (Phi) is 7.28. The molecule has 0 saturated heterocycles. The topological polar surface area (TPSA) is 117 Å². The van der Waals surface area contributed by atoms with E-state index in [9.17, 15) is 18.0 Å². The number of benzene rings is 2. The molecule has 1 atom stereocenters. The molecule has 0 bridgehead atoms. The van der Waals surface area contributed by atoms with Crippen molar-refractivity contribution in [3.63, 3.8) is 0 Å². The summed E-state index contributed by atoms with van der Waals surface area (Å²) in [5.41, 5.74) is 0.701. The predicted octanol–water partition coefficient (Wildman–Crippen LogP) is 2.51. The first kappa shape index (κ1) is 23.0. The molecule has 2 aromatic carbocycles. The summed E-state index contributed by atoms with van der Waals surface area (Å²) < 4.78 is 45.7. The number of rotatable bonds is 9. The van der Waals surface area contributed by atoms with Gasteiger partial charge in [-0.15, -0.1) is 0 Å². The van der Waals surface area contributed by atoms with E-state index >= 15 is 0 Å². The van der Waals surface area contributed by atoms with Crippen LogP contribution in [0.5, 0.6) is 17.2 Å². The van der Waals surface area contributed by atoms with E-state index in [4.69, 9.17) is 18.9 Å². The molecule has 0 aromatic heterocycles. The normalized spacial score (nSPS) is 11.9. The van der Waals surface area contributed by atoms with Crippen LogP contribution in [0.25, 0.3) is 0 Å². The van der Waals surface area contributed by atoms with Crippen LogP contribution in [-0.2, 0) is 14.8 Å². The molecular formula is C20H23NO8S. The zero-order chi connectivity index (χ0) is 22.5. The lowest BCUT2D eigenvalue weighted by Gasteiger charge is -2.16. The summed E-state index contributed by atoms with van der Waals surface area (Å²) in [5.74, 6) is -0.316. The number of hydrogen-bond donors (Lipinski definition) is 1. The van der Waals surface area contributed by atoms with Crippen molar-refractivity contribution in [3.8, 4) is 17.2 Å². The Morgan fingerprint density at radius 3 is 1.87 bits per heavy atom. The molecule has 0 heterocycles. The van der Waals surface area contributed by atoms with Gasteiger partial charge in [0.25, 0.3) is 0 Å². The third kappa shape index (κ3) is 5.63. The average Bonchev–Trinajstić information content (AvgIpc) is 2.71. The smallest absolute Gasteiger partial charge is 0.339 e. The second kappa shape index (κ2) is 9.49. The number of methoxy groups -OCH3 is 3. The van der Waals surface area contributed by atoms with Gasteiger partial charge in [0.1, 0.15) is 0 Å². The fourth-order valence-corrected chi connectivity index (χ4v) is 3.20. The van der Waals surface area contributed by atoms with Crippen LogP contribution in [0.2, 0.25) is 0 Å². The van der Waals surface area contributed by atoms with Crippen LogP contribution in [0.3, 0.4) is 0 Å². The van der Waals surface area contributed by atoms with E-state index in [1.54, 1.807) is 0 Å². The van der Waals surface area contributed by atoms with Gasteiger partial charge >= 0.3 is 5.97 Å². The fraction of sp³-hybridized carbons (Fsp3) is 0.300. The molecular weight excluding hydrogens is 414 g/mol. The maximum Gasteiger partial charge on any atom is 0.339 e. The highest BCUT2D eigenvalue weighted by atomic mass is 32.2. The summed E-state index contributed by atoms with van der Waals surface area (Å²) in [6, 6.07) is 8.63. The van der Waals surface area contributed by atoms with Gasteiger partial charge in [0, 0.05) is 11.3 Å². The Morgan fingerprint density at radius 1 is 0.900 bits per heavy atom. The van der Waals surface area contributed by atoms with E-state index < -0.39 is 27.9 Å². The number of carbonyl (C=O) groups excluding carboxylic acids is 2. The summed E-state index contributed by atoms with van der Waals surface area (Å²) in [6.45, 7) is 1.45. The van der Waals surface area contributed by atoms with E-state index in [1.165, 1.54) is 64.7 Å². The Bertz CT molecular complexity index is 1010. The molecule has 0 aliphatic heterocycles. The van der Waals surface area contributed by atoms with Crippen molar-refractivity contribution < 1.29 is 37.0 Å². The second-order valence-corrected chi connectivity index (χ2v) is 8.03. The zero-order valence-electron chi connectivity index (χ0n) is 17.2. The number of sulfonamides is 1. The van der Waals surface area contributed by atoms with Gasteiger partial charge in [-0.2, -0.15) is 0 Å². The standard InChI is InChI=1S/C20H23NO8S/c1-12(18(22)13-6-8-15(9-7-13)21-30(5,24)25)29-20(23)14-10-16(26-2)19(28-4)17(11-14)27-3/h6-12,21H,1-5H3. The van der Waals surface area contributed by atoms with Crippen LogP contribution in [0.15, 0.2) is 36.4 Å². The van der Waals surface area contributed by atoms with Gasteiger partial charge in [0.15, 0.2) is 17.6 Å². The number of anilines is 1. The molecule has 10 heteroatoms. The van der Waals surface area contributed by atoms with E-state index in [0.717, 1.165) is 6.26 Å². The number of esters is 1. The van der Waals surface area contributed by atoms with Crippen molar-refractivity contribution >= 4 is 27.5 Å². The van der Waals surface area contributed by atoms with Gasteiger partial charge in [-0.25, -0.2) is 13.2 Å². The van der Waals surface area contributed by atoms with Gasteiger partial charge in [0.05, 0.1) is 33.1 Å². The van der Waals surface area contributed by atoms with E-state index in [0.29, 0.717) is 11.4 Å². The minimum Gasteiger partial charge on any atom is -0.493 e. The van der Waals surface area contributed by atoms with Gasteiger partial charge in [-0.3, -0.25) is 9.52 Å². The molecule has 1 N–H and O–H groups in total. The molecule has 2 aromatic rings. The van der Waals surface area contributed by atoms with Crippen LogP contribution in [0.4, 0.5) is 5.69 Å². The number of Topliss-reactive ketones (excluding diaryl/α,β-unsaturated/α-hetero) is 1. The van der Waals surface area contributed by atoms with Crippen LogP contribution < -0.4 is 18.9 Å². The molecule has 0 spiro atoms. The van der Waals surface area contributed by atoms with E-state index in [2.05, 4.69) is 4.72 Å². The monoisotopic (exact) mass is 437 g/mol. The Hall–Kier alpha value is -3.27. The molecule has 0 aliphatic rings. The van der Waals surface area contributed by atoms with Crippen LogP contribution >= 0.6 is 0 Å². The largest absolute Gasteiger partial charge is 0.493 e. The maximum absolute atomic E-state index is 12.6. The highest BCUT2D eigenvalue weighted by Crippen LogP contribution is 2.38. The molecule has 30 heavy (non-hydrogen) atoms. The summed E-state index contributed by atoms with van der Waals surface area (Å²) in [4.78, 5) is 25.1. The average molecular weight is 437 g/mol. The Labute approximate surface area is 174 Å². The number of nitrogens with one attached hydrogen (secondary N) is 1. The summed E-state index contributed by atoms with van der Waals surface area (Å²) in [5, 5.41) is 0. The summed E-state index contributed by atoms with van der Waals surface area (Å²) in [7, 11) is 0.852. The Morgan fingerprint density at radius 2 is 1.43 bits per heavy atom. The SMILES string of the molecule is COc1cc(C(=O)OC(C)C(=O)c2ccc(NS(C)(=O)=O)cc2)cc(OC)c1OC. The van der Waals surface area contributed by atoms with Crippen molar-refractivity contribution in [2.75, 3.05) is 32.3 Å². The quantitative estimate of drug-likeness (QED) is 0.470. The van der Waals surface area contributed by atoms with Crippen LogP contribution in [-0.4, -0.2) is 53.9 Å². The van der Waals surface area contributed by atoms with Gasteiger partial charge < -0.3 is 18.9 Å². The molecule has 162 valence electrons. The second-order valence-electron chi connectivity index (χ2n) is 6.28. The highest BCUT2D eigenvalue weighted by Gasteiger charge is 2.23. The van der Waals surface area contributed by atoms with Crippen LogP contribution in [0, 0.1) is 0 Å². The molecule has 0 amide bonds. The lowest BCUT2D eigenvalue weighted by Crippen LogP contribution is -2.24. The zero-order valence-corrected chi connectivity index (χ0v) is 18.0. The lowest BCUT2D eigenvalue weighted by molar-refractivity contribution is 0.0318. The number of ether oxygens (including phenoxy) is 4. The maximum atomic E-state index is 12.6. The van der Waals surface area contributed by atoms with E-state index in [-0.39, 0.29) is 22.6 Å². The highest BCUT2D eigenvalue weighted by molar-refractivity contribution is 7.92. The van der Waals surface area contributed by atoms with Crippen LogP contribution in [0.1, 0.15) is 27.6 Å². The molecule has 0 fully saturated rings. The molecule has 1 unspecified atom stereocenters. The van der Waals surface area contributed by atoms with Crippen molar-refractivity contribution in [2.45, 2.75) is 13.0 Å². The molecule has 0 aliphatic carbocycles. The molecule has 2 rings (SSSR count). The first-order valence-corrected chi connectivity index (χ1v) is 10.6. The third-order valence-corrected chi connectivity index (χ3v) is 4.63. The first-order chi connectivity index (χ1) is 14.1. The Balaban J connectivity index is 2.16. The number of ketones is 1. The number of hydrogen-bond acceptors (Lipinski definition) is 8. The summed E-state index contributed by atoms with van der Waals surface area (Å²) in [6.07, 6.45) is -0.0539. The van der Waals surface area contributed by atoms with Crippen molar-refractivity contribution in [2.24, 2.45) is 0 Å². The fourth-order valence-electron chi connectivity index (χ4n) is 2.63. The van der Waals surface area contributed by atoms with Gasteiger partial charge in [-0.1, -0.05) is 0 Å². The molecule has 0 radical (unpaired) electrons. The van der Waals surface area contributed by atoms with E-state index in [1.807, 2.05) is 0 Å². The van der Waals surface area contributed by atoms with Gasteiger partial charge in [0.2, 0.25) is 21.6 Å². The lowest BCUT2D eigenvalue weighted by atomic mass is 10.1. The molecule has 0 saturated carbocycles. The minimum atomic E-state index is -3.42. The van der Waals surface area contributed by atoms with Crippen molar-refractivity contribution in [1.29, 1.82) is 0 Å². The van der Waals surface area contributed by atoms with Gasteiger partial charge in [-0.05, 0) is 43.3 Å². The summed E-state index contributed by atoms with van der Waals surface area (Å²) >= 11 is 0. The minimum absolute atomic E-state index is 0.122. The third-order valence-electron chi connectivity index (χ3n) is 4.03. The first-order valence-electron chi connectivity index (χ1n) is 8.72. The molecule has 9 nitrogen and oxygen atoms in total. The van der Waals surface area contributed by atoms with Crippen molar-refractivity contribution in [1.82, 2.24) is 0 Å². The van der Waals surface area contributed by atoms with Crippen molar-refractivity contribution in [3.05, 3.63) is 47.5 Å². The predicted molar refractivity (Wildman–Crippen MR) is 110 cm³/mol.